The smallest absolute Gasteiger partial charge is 0.282 e. The van der Waals surface area contributed by atoms with Crippen LogP contribution < -0.4 is 15.1 Å². The first-order valence-electron chi connectivity index (χ1n) is 10.9. The van der Waals surface area contributed by atoms with E-state index in [9.17, 15) is 9.59 Å². The maximum absolute atomic E-state index is 13.4. The van der Waals surface area contributed by atoms with E-state index in [0.717, 1.165) is 41.3 Å². The van der Waals surface area contributed by atoms with Gasteiger partial charge in [0, 0.05) is 29.3 Å². The Hall–Kier alpha value is -3.38. The van der Waals surface area contributed by atoms with E-state index in [1.165, 1.54) is 16.2 Å². The number of benzene rings is 2. The molecular formula is C26H27N3O2S. The van der Waals surface area contributed by atoms with E-state index in [1.807, 2.05) is 66.0 Å². The Labute approximate surface area is 193 Å². The van der Waals surface area contributed by atoms with E-state index in [1.54, 1.807) is 0 Å². The molecule has 32 heavy (non-hydrogen) atoms. The van der Waals surface area contributed by atoms with Crippen LogP contribution >= 0.6 is 11.3 Å². The first-order chi connectivity index (χ1) is 15.6. The number of amides is 2. The molecule has 2 amide bonds. The molecule has 1 aliphatic rings. The minimum atomic E-state index is -0.338. The van der Waals surface area contributed by atoms with E-state index < -0.39 is 0 Å². The lowest BCUT2D eigenvalue weighted by molar-refractivity contribution is -0.120. The number of carbonyl (C=O) groups excluding carboxylic acids is 2. The van der Waals surface area contributed by atoms with Crippen molar-refractivity contribution in [2.75, 3.05) is 28.2 Å². The summed E-state index contributed by atoms with van der Waals surface area (Å²) < 4.78 is 0. The highest BCUT2D eigenvalue weighted by Crippen LogP contribution is 2.35. The Morgan fingerprint density at radius 3 is 2.12 bits per heavy atom. The number of aryl methyl sites for hydroxylation is 1. The van der Waals surface area contributed by atoms with Gasteiger partial charge in [-0.25, -0.2) is 4.90 Å². The van der Waals surface area contributed by atoms with Crippen LogP contribution in [0.25, 0.3) is 5.57 Å². The lowest BCUT2D eigenvalue weighted by Gasteiger charge is -2.21. The average Bonchev–Trinajstić information content (AvgIpc) is 3.42. The highest BCUT2D eigenvalue weighted by Gasteiger charge is 2.40. The Kier molecular flexibility index (Phi) is 6.42. The van der Waals surface area contributed by atoms with Gasteiger partial charge in [0.05, 0.1) is 11.3 Å². The third-order valence-electron chi connectivity index (χ3n) is 5.72. The topological polar surface area (TPSA) is 52.7 Å². The van der Waals surface area contributed by atoms with Crippen molar-refractivity contribution in [3.8, 4) is 0 Å². The molecule has 0 saturated heterocycles. The van der Waals surface area contributed by atoms with Gasteiger partial charge >= 0.3 is 0 Å². The number of nitrogens with one attached hydrogen (secondary N) is 1. The van der Waals surface area contributed by atoms with Crippen LogP contribution in [0.1, 0.15) is 31.2 Å². The standard InChI is InChI=1S/C26H27N3O2S/c1-4-18-9-13-21(14-10-18)29-25(30)23(22-8-7-17-32-22)24(26(29)31)27-19-11-15-20(16-12-19)28(5-2)6-3/h7-17,27H,4-6H2,1-3H3. The van der Waals surface area contributed by atoms with Crippen molar-refractivity contribution in [1.29, 1.82) is 0 Å². The number of imide groups is 1. The molecule has 0 aliphatic carbocycles. The summed E-state index contributed by atoms with van der Waals surface area (Å²) in [6.45, 7) is 8.17. The maximum atomic E-state index is 13.4. The van der Waals surface area contributed by atoms with Crippen LogP contribution in [-0.4, -0.2) is 24.9 Å². The largest absolute Gasteiger partial charge is 0.372 e. The van der Waals surface area contributed by atoms with Crippen LogP contribution in [0.3, 0.4) is 0 Å². The molecule has 3 aromatic rings. The van der Waals surface area contributed by atoms with Gasteiger partial charge in [-0.3, -0.25) is 9.59 Å². The Morgan fingerprint density at radius 1 is 0.875 bits per heavy atom. The quantitative estimate of drug-likeness (QED) is 0.462. The van der Waals surface area contributed by atoms with E-state index in [-0.39, 0.29) is 11.8 Å². The molecule has 1 aliphatic heterocycles. The van der Waals surface area contributed by atoms with E-state index in [2.05, 4.69) is 31.0 Å². The Bertz CT molecular complexity index is 1130. The minimum absolute atomic E-state index is 0.302. The van der Waals surface area contributed by atoms with Crippen LogP contribution in [-0.2, 0) is 16.0 Å². The summed E-state index contributed by atoms with van der Waals surface area (Å²) >= 11 is 1.45. The molecule has 1 N–H and O–H groups in total. The van der Waals surface area contributed by atoms with Crippen LogP contribution in [0.5, 0.6) is 0 Å². The number of thiophene rings is 1. The van der Waals surface area contributed by atoms with Gasteiger partial charge in [0.2, 0.25) is 0 Å². The zero-order valence-corrected chi connectivity index (χ0v) is 19.4. The van der Waals surface area contributed by atoms with Gasteiger partial charge in [-0.1, -0.05) is 25.1 Å². The second-order valence-electron chi connectivity index (χ2n) is 7.54. The zero-order valence-electron chi connectivity index (χ0n) is 18.6. The minimum Gasteiger partial charge on any atom is -0.372 e. The highest BCUT2D eigenvalue weighted by molar-refractivity contribution is 7.11. The molecule has 5 nitrogen and oxygen atoms in total. The van der Waals surface area contributed by atoms with E-state index in [0.29, 0.717) is 17.0 Å². The third-order valence-corrected chi connectivity index (χ3v) is 6.61. The molecule has 0 unspecified atom stereocenters. The van der Waals surface area contributed by atoms with Crippen LogP contribution in [0, 0.1) is 0 Å². The number of nitrogens with zero attached hydrogens (tertiary/aromatic N) is 2. The molecule has 0 radical (unpaired) electrons. The summed E-state index contributed by atoms with van der Waals surface area (Å²) in [5.74, 6) is -0.639. The third kappa shape index (κ3) is 4.06. The first kappa shape index (κ1) is 21.8. The van der Waals surface area contributed by atoms with Gasteiger partial charge in [-0.2, -0.15) is 0 Å². The summed E-state index contributed by atoms with van der Waals surface area (Å²) in [5.41, 5.74) is 4.37. The van der Waals surface area contributed by atoms with Crippen molar-refractivity contribution < 1.29 is 9.59 Å². The van der Waals surface area contributed by atoms with Gasteiger partial charge in [0.1, 0.15) is 5.70 Å². The van der Waals surface area contributed by atoms with Crippen molar-refractivity contribution in [2.24, 2.45) is 0 Å². The van der Waals surface area contributed by atoms with E-state index in [4.69, 9.17) is 0 Å². The summed E-state index contributed by atoms with van der Waals surface area (Å²) in [6, 6.07) is 19.3. The molecule has 164 valence electrons. The highest BCUT2D eigenvalue weighted by atomic mass is 32.1. The average molecular weight is 446 g/mol. The summed E-state index contributed by atoms with van der Waals surface area (Å²) in [6.07, 6.45) is 0.900. The predicted molar refractivity (Wildman–Crippen MR) is 133 cm³/mol. The van der Waals surface area contributed by atoms with Gasteiger partial charge in [0.15, 0.2) is 0 Å². The van der Waals surface area contributed by atoms with Crippen molar-refractivity contribution in [3.63, 3.8) is 0 Å². The van der Waals surface area contributed by atoms with Gasteiger partial charge < -0.3 is 10.2 Å². The van der Waals surface area contributed by atoms with Crippen LogP contribution in [0.2, 0.25) is 0 Å². The van der Waals surface area contributed by atoms with E-state index >= 15 is 0 Å². The fourth-order valence-electron chi connectivity index (χ4n) is 3.90. The molecule has 6 heteroatoms. The summed E-state index contributed by atoms with van der Waals surface area (Å²) in [4.78, 5) is 31.1. The van der Waals surface area contributed by atoms with Crippen LogP contribution in [0.15, 0.2) is 71.7 Å². The lowest BCUT2D eigenvalue weighted by Crippen LogP contribution is -2.32. The first-order valence-corrected chi connectivity index (χ1v) is 11.8. The fraction of sp³-hybridized carbons (Fsp3) is 0.231. The fourth-order valence-corrected chi connectivity index (χ4v) is 4.67. The molecule has 0 atom stereocenters. The number of rotatable bonds is 8. The molecule has 1 aromatic heterocycles. The Morgan fingerprint density at radius 2 is 1.56 bits per heavy atom. The van der Waals surface area contributed by atoms with Crippen molar-refractivity contribution in [2.45, 2.75) is 27.2 Å². The van der Waals surface area contributed by atoms with Crippen molar-refractivity contribution in [1.82, 2.24) is 0 Å². The lowest BCUT2D eigenvalue weighted by atomic mass is 10.1. The molecule has 0 spiro atoms. The normalized spacial score (nSPS) is 13.8. The van der Waals surface area contributed by atoms with Crippen LogP contribution in [0.4, 0.5) is 17.1 Å². The SMILES string of the molecule is CCc1ccc(N2C(=O)C(Nc3ccc(N(CC)CC)cc3)=C(c3cccs3)C2=O)cc1. The molecule has 0 fully saturated rings. The number of carbonyl (C=O) groups is 2. The monoisotopic (exact) mass is 445 g/mol. The van der Waals surface area contributed by atoms with Crippen molar-refractivity contribution in [3.05, 3.63) is 82.2 Å². The zero-order chi connectivity index (χ0) is 22.7. The molecule has 0 saturated carbocycles. The second-order valence-corrected chi connectivity index (χ2v) is 8.48. The number of anilines is 3. The predicted octanol–water partition coefficient (Wildman–Crippen LogP) is 5.55. The van der Waals surface area contributed by atoms with Gasteiger partial charge in [0.25, 0.3) is 11.8 Å². The Balaban J connectivity index is 1.68. The van der Waals surface area contributed by atoms with Crippen molar-refractivity contribution >= 4 is 45.8 Å². The second kappa shape index (κ2) is 9.40. The maximum Gasteiger partial charge on any atom is 0.282 e. The number of hydrogen-bond donors (Lipinski definition) is 1. The molecule has 2 heterocycles. The molecular weight excluding hydrogens is 418 g/mol. The van der Waals surface area contributed by atoms with Gasteiger partial charge in [-0.05, 0) is 73.7 Å². The molecule has 0 bridgehead atoms. The number of hydrogen-bond acceptors (Lipinski definition) is 5. The molecule has 2 aromatic carbocycles. The summed E-state index contributed by atoms with van der Waals surface area (Å²) in [5, 5.41) is 5.15. The van der Waals surface area contributed by atoms with Gasteiger partial charge in [-0.15, -0.1) is 11.3 Å². The summed E-state index contributed by atoms with van der Waals surface area (Å²) in [7, 11) is 0. The molecule has 4 rings (SSSR count).